The van der Waals surface area contributed by atoms with Crippen LogP contribution < -0.4 is 10.8 Å². The van der Waals surface area contributed by atoms with E-state index in [1.165, 1.54) is 25.7 Å². The molecule has 0 aliphatic carbocycles. The third kappa shape index (κ3) is 7.10. The van der Waals surface area contributed by atoms with Gasteiger partial charge in [-0.25, -0.2) is 9.48 Å². The number of aliphatic carboxylic acids is 1. The van der Waals surface area contributed by atoms with Gasteiger partial charge in [0.15, 0.2) is 0 Å². The summed E-state index contributed by atoms with van der Waals surface area (Å²) >= 11 is 0. The normalized spacial score (nSPS) is 20.3. The first kappa shape index (κ1) is 19.6. The molecule has 0 bridgehead atoms. The molecule has 0 aromatic carbocycles. The Labute approximate surface area is 140 Å². The van der Waals surface area contributed by atoms with E-state index in [9.17, 15) is 9.90 Å². The van der Waals surface area contributed by atoms with E-state index in [0.717, 1.165) is 31.5 Å². The molecule has 1 unspecified atom stereocenters. The molecule has 0 aromatic heterocycles. The van der Waals surface area contributed by atoms with Gasteiger partial charge in [-0.15, -0.1) is 0 Å². The second-order valence-corrected chi connectivity index (χ2v) is 6.13. The lowest BCUT2D eigenvalue weighted by atomic mass is 10.1. The minimum absolute atomic E-state index is 0.0767. The monoisotopic (exact) mass is 321 g/mol. The molecular formula is C18H31N3O2. The van der Waals surface area contributed by atoms with Crippen LogP contribution >= 0.6 is 0 Å². The van der Waals surface area contributed by atoms with Gasteiger partial charge in [0, 0.05) is 13.0 Å². The van der Waals surface area contributed by atoms with Crippen molar-refractivity contribution in [2.75, 3.05) is 19.6 Å². The summed E-state index contributed by atoms with van der Waals surface area (Å²) in [7, 11) is 0. The van der Waals surface area contributed by atoms with Crippen molar-refractivity contribution >= 4 is 11.8 Å². The van der Waals surface area contributed by atoms with Crippen molar-refractivity contribution in [3.05, 3.63) is 24.6 Å². The van der Waals surface area contributed by atoms with Gasteiger partial charge in [0.25, 0.3) is 0 Å². The van der Waals surface area contributed by atoms with Crippen LogP contribution in [0.25, 0.3) is 0 Å². The lowest BCUT2D eigenvalue weighted by Gasteiger charge is -2.32. The van der Waals surface area contributed by atoms with Crippen LogP contribution in [0.2, 0.25) is 0 Å². The minimum atomic E-state index is -1.06. The molecule has 0 radical (unpaired) electrons. The maximum atomic E-state index is 11.0. The number of rotatable bonds is 13. The van der Waals surface area contributed by atoms with Crippen molar-refractivity contribution in [2.24, 2.45) is 10.7 Å². The average molecular weight is 321 g/mol. The highest BCUT2D eigenvalue weighted by Gasteiger charge is 2.34. The van der Waals surface area contributed by atoms with Crippen LogP contribution in [-0.2, 0) is 4.79 Å². The summed E-state index contributed by atoms with van der Waals surface area (Å²) in [5.41, 5.74) is 5.65. The Kier molecular flexibility index (Phi) is 9.48. The number of carbonyl (C=O) groups excluding carboxylic acids is 1. The average Bonchev–Trinajstić information content (AvgIpc) is 2.87. The van der Waals surface area contributed by atoms with E-state index < -0.39 is 5.97 Å². The van der Waals surface area contributed by atoms with Crippen molar-refractivity contribution in [1.29, 1.82) is 0 Å². The molecule has 1 aliphatic heterocycles. The third-order valence-corrected chi connectivity index (χ3v) is 4.19. The first-order chi connectivity index (χ1) is 11.1. The Hall–Kier alpha value is -1.46. The number of nitrogens with two attached hydrogens (primary N) is 1. The number of nitrogens with zero attached hydrogens (tertiary/aromatic N) is 2. The standard InChI is InChI=1S/C18H31N3O2/c1-2-3-4-5-6-7-8-9-10-11-17-20-13-15-21(17,14-12-19)16-18(22)23/h5-6,13,15H,2-4,7-12,14,16,19H2,1H3/b6-5+. The van der Waals surface area contributed by atoms with E-state index in [1.54, 1.807) is 6.20 Å². The van der Waals surface area contributed by atoms with E-state index in [0.29, 0.717) is 13.1 Å². The molecule has 130 valence electrons. The number of amidine groups is 1. The summed E-state index contributed by atoms with van der Waals surface area (Å²) in [6, 6.07) is 0. The van der Waals surface area contributed by atoms with Crippen LogP contribution in [0, 0.1) is 0 Å². The third-order valence-electron chi connectivity index (χ3n) is 4.19. The molecule has 0 spiro atoms. The smallest absolute Gasteiger partial charge is 0.207 e. The van der Waals surface area contributed by atoms with Gasteiger partial charge >= 0.3 is 0 Å². The lowest BCUT2D eigenvalue weighted by Crippen LogP contribution is -2.55. The summed E-state index contributed by atoms with van der Waals surface area (Å²) in [6.07, 6.45) is 17.0. The molecule has 5 heteroatoms. The predicted molar refractivity (Wildman–Crippen MR) is 92.4 cm³/mol. The van der Waals surface area contributed by atoms with E-state index in [1.807, 2.05) is 6.20 Å². The van der Waals surface area contributed by atoms with Crippen LogP contribution in [0.1, 0.15) is 58.3 Å². The van der Waals surface area contributed by atoms with Crippen molar-refractivity contribution in [2.45, 2.75) is 58.3 Å². The summed E-state index contributed by atoms with van der Waals surface area (Å²) in [5.74, 6) is -0.159. The lowest BCUT2D eigenvalue weighted by molar-refractivity contribution is -0.780. The largest absolute Gasteiger partial charge is 0.544 e. The Morgan fingerprint density at radius 3 is 2.65 bits per heavy atom. The molecule has 0 amide bonds. The zero-order valence-corrected chi connectivity index (χ0v) is 14.4. The van der Waals surface area contributed by atoms with Gasteiger partial charge in [0.05, 0.1) is 12.2 Å². The van der Waals surface area contributed by atoms with Crippen LogP contribution in [0.5, 0.6) is 0 Å². The number of quaternary nitrogens is 1. The highest BCUT2D eigenvalue weighted by Crippen LogP contribution is 2.20. The van der Waals surface area contributed by atoms with Crippen LogP contribution in [0.4, 0.5) is 0 Å². The SMILES string of the molecule is CCCC/C=C/CCCCCC1=NC=C[N+]1(CCN)CC(=O)[O-]. The Bertz CT molecular complexity index is 444. The molecule has 5 nitrogen and oxygen atoms in total. The van der Waals surface area contributed by atoms with Crippen molar-refractivity contribution in [1.82, 2.24) is 0 Å². The molecule has 1 atom stereocenters. The van der Waals surface area contributed by atoms with Crippen LogP contribution in [0.3, 0.4) is 0 Å². The zero-order chi connectivity index (χ0) is 17.0. The number of carboxylic acids is 1. The quantitative estimate of drug-likeness (QED) is 0.320. The van der Waals surface area contributed by atoms with E-state index in [2.05, 4.69) is 24.1 Å². The summed E-state index contributed by atoms with van der Waals surface area (Å²) < 4.78 is 0.232. The van der Waals surface area contributed by atoms with Gasteiger partial charge in [0.2, 0.25) is 5.84 Å². The predicted octanol–water partition coefficient (Wildman–Crippen LogP) is 2.09. The maximum absolute atomic E-state index is 11.0. The number of carboxylic acid groups (broad SMARTS) is 1. The van der Waals surface area contributed by atoms with E-state index in [-0.39, 0.29) is 11.0 Å². The molecule has 1 rings (SSSR count). The fourth-order valence-corrected chi connectivity index (χ4v) is 2.90. The maximum Gasteiger partial charge on any atom is 0.207 e. The Morgan fingerprint density at radius 1 is 1.26 bits per heavy atom. The van der Waals surface area contributed by atoms with Crippen LogP contribution in [-0.4, -0.2) is 35.9 Å². The zero-order valence-electron chi connectivity index (χ0n) is 14.4. The number of aliphatic imine (C=N–C) groups is 1. The number of allylic oxidation sites excluding steroid dienone is 2. The Morgan fingerprint density at radius 2 is 2.00 bits per heavy atom. The first-order valence-corrected chi connectivity index (χ1v) is 8.81. The first-order valence-electron chi connectivity index (χ1n) is 8.81. The summed E-state index contributed by atoms with van der Waals surface area (Å²) in [6.45, 7) is 3.12. The Balaban J connectivity index is 2.30. The molecule has 0 fully saturated rings. The van der Waals surface area contributed by atoms with Gasteiger partial charge < -0.3 is 15.6 Å². The number of unbranched alkanes of at least 4 members (excludes halogenated alkanes) is 5. The summed E-state index contributed by atoms with van der Waals surface area (Å²) in [5, 5.41) is 11.0. The number of hydrogen-bond donors (Lipinski definition) is 1. The highest BCUT2D eigenvalue weighted by atomic mass is 16.4. The molecule has 23 heavy (non-hydrogen) atoms. The van der Waals surface area contributed by atoms with Crippen molar-refractivity contribution in [3.8, 4) is 0 Å². The van der Waals surface area contributed by atoms with E-state index in [4.69, 9.17) is 5.73 Å². The van der Waals surface area contributed by atoms with Crippen molar-refractivity contribution in [3.63, 3.8) is 0 Å². The number of hydrogen-bond acceptors (Lipinski definition) is 4. The second kappa shape index (κ2) is 11.1. The van der Waals surface area contributed by atoms with Gasteiger partial charge in [-0.05, 0) is 25.7 Å². The number of carbonyl (C=O) groups is 1. The van der Waals surface area contributed by atoms with Gasteiger partial charge in [0.1, 0.15) is 19.3 Å². The molecular weight excluding hydrogens is 290 g/mol. The molecule has 0 aromatic rings. The van der Waals surface area contributed by atoms with Gasteiger partial charge in [-0.3, -0.25) is 0 Å². The highest BCUT2D eigenvalue weighted by molar-refractivity contribution is 5.80. The molecule has 2 N–H and O–H groups in total. The topological polar surface area (TPSA) is 78.5 Å². The fourth-order valence-electron chi connectivity index (χ4n) is 2.90. The van der Waals surface area contributed by atoms with Crippen molar-refractivity contribution < 1.29 is 14.4 Å². The van der Waals surface area contributed by atoms with Gasteiger partial charge in [-0.1, -0.05) is 38.3 Å². The molecule has 1 heterocycles. The van der Waals surface area contributed by atoms with E-state index >= 15 is 0 Å². The fraction of sp³-hybridized carbons (Fsp3) is 0.667. The van der Waals surface area contributed by atoms with Crippen LogP contribution in [0.15, 0.2) is 29.5 Å². The molecule has 1 aliphatic rings. The second-order valence-electron chi connectivity index (χ2n) is 6.13. The summed E-state index contributed by atoms with van der Waals surface area (Å²) in [4.78, 5) is 15.4. The molecule has 0 saturated carbocycles. The minimum Gasteiger partial charge on any atom is -0.544 e. The van der Waals surface area contributed by atoms with Gasteiger partial charge in [-0.2, -0.15) is 0 Å². The molecule has 0 saturated heterocycles.